The molecule has 1 spiro atoms. The largest absolute Gasteiger partial charge is 0.342 e. The summed E-state index contributed by atoms with van der Waals surface area (Å²) in [4.78, 5) is 14.8. The minimum atomic E-state index is 0. The van der Waals surface area contributed by atoms with E-state index in [0.29, 0.717) is 11.3 Å². The summed E-state index contributed by atoms with van der Waals surface area (Å²) in [7, 11) is 0. The topological polar surface area (TPSA) is 32.3 Å². The maximum Gasteiger partial charge on any atom is 0.228 e. The van der Waals surface area contributed by atoms with Crippen molar-refractivity contribution in [2.45, 2.75) is 58.3 Å². The normalized spacial score (nSPS) is 26.9. The van der Waals surface area contributed by atoms with E-state index in [9.17, 15) is 4.79 Å². The molecule has 1 aliphatic carbocycles. The summed E-state index contributed by atoms with van der Waals surface area (Å²) in [6, 6.07) is 0. The second kappa shape index (κ2) is 6.23. The van der Waals surface area contributed by atoms with E-state index >= 15 is 0 Å². The Morgan fingerprint density at radius 2 is 1.65 bits per heavy atom. The first kappa shape index (κ1) is 16.1. The summed E-state index contributed by atoms with van der Waals surface area (Å²) in [5, 5.41) is 3.46. The van der Waals surface area contributed by atoms with Gasteiger partial charge in [-0.2, -0.15) is 0 Å². The number of rotatable bonds is 3. The molecule has 4 heteroatoms. The van der Waals surface area contributed by atoms with Crippen molar-refractivity contribution in [3.8, 4) is 0 Å². The van der Waals surface area contributed by atoms with Crippen LogP contribution >= 0.6 is 12.4 Å². The van der Waals surface area contributed by atoms with E-state index < -0.39 is 0 Å². The molecule has 2 saturated heterocycles. The molecule has 2 aliphatic heterocycles. The quantitative estimate of drug-likeness (QED) is 0.869. The third-order valence-corrected chi connectivity index (χ3v) is 5.81. The van der Waals surface area contributed by atoms with Gasteiger partial charge in [-0.25, -0.2) is 0 Å². The lowest BCUT2D eigenvalue weighted by Crippen LogP contribution is -2.49. The summed E-state index contributed by atoms with van der Waals surface area (Å²) in [5.74, 6) is 0.484. The molecule has 0 aromatic heterocycles. The Morgan fingerprint density at radius 3 is 2.15 bits per heavy atom. The number of hydrogen-bond acceptors (Lipinski definition) is 2. The lowest BCUT2D eigenvalue weighted by molar-refractivity contribution is -0.140. The van der Waals surface area contributed by atoms with Gasteiger partial charge < -0.3 is 10.2 Å². The average Bonchev–Trinajstić information content (AvgIpc) is 3.21. The molecule has 0 atom stereocenters. The van der Waals surface area contributed by atoms with Crippen LogP contribution in [-0.4, -0.2) is 37.0 Å². The summed E-state index contributed by atoms with van der Waals surface area (Å²) in [6.45, 7) is 6.59. The number of likely N-dealkylation sites (tertiary alicyclic amines) is 1. The van der Waals surface area contributed by atoms with E-state index in [1.54, 1.807) is 0 Å². The van der Waals surface area contributed by atoms with Crippen LogP contribution in [0.15, 0.2) is 0 Å². The maximum absolute atomic E-state index is 12.7. The second-order valence-electron chi connectivity index (χ2n) is 7.07. The number of amides is 1. The Bertz CT molecular complexity index is 338. The van der Waals surface area contributed by atoms with E-state index in [0.717, 1.165) is 38.8 Å². The van der Waals surface area contributed by atoms with Crippen LogP contribution in [0.5, 0.6) is 0 Å². The van der Waals surface area contributed by atoms with Crippen molar-refractivity contribution in [2.75, 3.05) is 26.2 Å². The molecule has 0 aromatic carbocycles. The number of hydrogen-bond donors (Lipinski definition) is 1. The van der Waals surface area contributed by atoms with Crippen LogP contribution in [0.4, 0.5) is 0 Å². The van der Waals surface area contributed by atoms with E-state index in [1.165, 1.54) is 38.8 Å². The fraction of sp³-hybridized carbons (Fsp3) is 0.938. The van der Waals surface area contributed by atoms with Crippen molar-refractivity contribution in [3.05, 3.63) is 0 Å². The van der Waals surface area contributed by atoms with Crippen LogP contribution in [0, 0.1) is 10.8 Å². The van der Waals surface area contributed by atoms with Gasteiger partial charge in [0.25, 0.3) is 0 Å². The van der Waals surface area contributed by atoms with Crippen LogP contribution in [0.25, 0.3) is 0 Å². The highest BCUT2D eigenvalue weighted by molar-refractivity contribution is 5.85. The predicted octanol–water partition coefficient (Wildman–Crippen LogP) is 2.98. The molecule has 3 nitrogen and oxygen atoms in total. The van der Waals surface area contributed by atoms with Gasteiger partial charge in [-0.05, 0) is 63.5 Å². The smallest absolute Gasteiger partial charge is 0.228 e. The standard InChI is InChI=1S/C16H28N2O.ClH/c1-2-3-16(4-5-16)14(19)18-12-8-15(9-13-18)6-10-17-11-7-15;/h17H,2-13H2,1H3;1H. The summed E-state index contributed by atoms with van der Waals surface area (Å²) in [5.41, 5.74) is 0.636. The van der Waals surface area contributed by atoms with Gasteiger partial charge in [0.15, 0.2) is 0 Å². The molecule has 0 bridgehead atoms. The van der Waals surface area contributed by atoms with Crippen molar-refractivity contribution in [3.63, 3.8) is 0 Å². The molecule has 0 unspecified atom stereocenters. The zero-order valence-electron chi connectivity index (χ0n) is 12.7. The third kappa shape index (κ3) is 2.99. The lowest BCUT2D eigenvalue weighted by atomic mass is 9.71. The van der Waals surface area contributed by atoms with Crippen LogP contribution in [0.1, 0.15) is 58.3 Å². The van der Waals surface area contributed by atoms with Crippen LogP contribution in [0.2, 0.25) is 0 Å². The Labute approximate surface area is 129 Å². The van der Waals surface area contributed by atoms with Crippen molar-refractivity contribution in [1.29, 1.82) is 0 Å². The number of piperidine rings is 2. The molecule has 2 heterocycles. The SMILES string of the molecule is CCCC1(C(=O)N2CCC3(CCNCC3)CC2)CC1.Cl. The Balaban J connectivity index is 0.00000147. The minimum absolute atomic E-state index is 0. The monoisotopic (exact) mass is 300 g/mol. The van der Waals surface area contributed by atoms with Gasteiger partial charge in [0.05, 0.1) is 0 Å². The molecular formula is C16H29ClN2O. The molecule has 0 aromatic rings. The van der Waals surface area contributed by atoms with Gasteiger partial charge in [-0.1, -0.05) is 13.3 Å². The van der Waals surface area contributed by atoms with E-state index in [-0.39, 0.29) is 17.8 Å². The first-order valence-corrected chi connectivity index (χ1v) is 8.20. The lowest BCUT2D eigenvalue weighted by Gasteiger charge is -2.45. The average molecular weight is 301 g/mol. The predicted molar refractivity (Wildman–Crippen MR) is 84.2 cm³/mol. The molecule has 3 aliphatic rings. The Hall–Kier alpha value is -0.280. The van der Waals surface area contributed by atoms with Crippen LogP contribution < -0.4 is 5.32 Å². The summed E-state index contributed by atoms with van der Waals surface area (Å²) in [6.07, 6.45) is 9.65. The maximum atomic E-state index is 12.7. The molecule has 0 radical (unpaired) electrons. The minimum Gasteiger partial charge on any atom is -0.342 e. The second-order valence-corrected chi connectivity index (χ2v) is 7.07. The summed E-state index contributed by atoms with van der Waals surface area (Å²) >= 11 is 0. The highest BCUT2D eigenvalue weighted by Crippen LogP contribution is 2.52. The molecule has 1 N–H and O–H groups in total. The Kier molecular flexibility index (Phi) is 5.01. The van der Waals surface area contributed by atoms with Crippen molar-refractivity contribution >= 4 is 18.3 Å². The van der Waals surface area contributed by atoms with Gasteiger partial charge in [0.2, 0.25) is 5.91 Å². The molecule has 20 heavy (non-hydrogen) atoms. The van der Waals surface area contributed by atoms with Gasteiger partial charge in [-0.15, -0.1) is 12.4 Å². The summed E-state index contributed by atoms with van der Waals surface area (Å²) < 4.78 is 0. The molecule has 3 rings (SSSR count). The van der Waals surface area contributed by atoms with Crippen molar-refractivity contribution in [1.82, 2.24) is 10.2 Å². The van der Waals surface area contributed by atoms with Crippen LogP contribution in [-0.2, 0) is 4.79 Å². The number of halogens is 1. The number of carbonyl (C=O) groups is 1. The van der Waals surface area contributed by atoms with Gasteiger partial charge in [0.1, 0.15) is 0 Å². The highest BCUT2D eigenvalue weighted by atomic mass is 35.5. The van der Waals surface area contributed by atoms with Gasteiger partial charge in [-0.3, -0.25) is 4.79 Å². The zero-order valence-corrected chi connectivity index (χ0v) is 13.6. The van der Waals surface area contributed by atoms with Crippen molar-refractivity contribution in [2.24, 2.45) is 10.8 Å². The Morgan fingerprint density at radius 1 is 1.05 bits per heavy atom. The van der Waals surface area contributed by atoms with Crippen LogP contribution in [0.3, 0.4) is 0 Å². The molecule has 3 fully saturated rings. The number of nitrogens with one attached hydrogen (secondary N) is 1. The van der Waals surface area contributed by atoms with Crippen molar-refractivity contribution < 1.29 is 4.79 Å². The fourth-order valence-electron chi connectivity index (χ4n) is 4.18. The van der Waals surface area contributed by atoms with Gasteiger partial charge >= 0.3 is 0 Å². The van der Waals surface area contributed by atoms with E-state index in [4.69, 9.17) is 0 Å². The van der Waals surface area contributed by atoms with E-state index in [2.05, 4.69) is 17.1 Å². The molecular weight excluding hydrogens is 272 g/mol. The first-order chi connectivity index (χ1) is 9.20. The first-order valence-electron chi connectivity index (χ1n) is 8.20. The molecule has 1 saturated carbocycles. The molecule has 1 amide bonds. The number of carbonyl (C=O) groups excluding carboxylic acids is 1. The number of nitrogens with zero attached hydrogens (tertiary/aromatic N) is 1. The molecule has 116 valence electrons. The highest BCUT2D eigenvalue weighted by Gasteiger charge is 2.51. The van der Waals surface area contributed by atoms with E-state index in [1.807, 2.05) is 0 Å². The zero-order chi connectivity index (χ0) is 13.3. The fourth-order valence-corrected chi connectivity index (χ4v) is 4.18. The van der Waals surface area contributed by atoms with Gasteiger partial charge in [0, 0.05) is 18.5 Å². The third-order valence-electron chi connectivity index (χ3n) is 5.81.